The standard InChI is InChI=1S/C12H17BrO3S2/c1-3-15-7-5-10(11(14)16-4-2)18-12-9(13)6-8-17-12/h6,8,10H,3-5,7H2,1-2H3. The molecule has 0 aliphatic rings. The van der Waals surface area contributed by atoms with E-state index in [2.05, 4.69) is 15.9 Å². The third-order valence-corrected chi connectivity index (χ3v) is 5.73. The average Bonchev–Trinajstić information content (AvgIpc) is 2.74. The minimum Gasteiger partial charge on any atom is -0.465 e. The van der Waals surface area contributed by atoms with Gasteiger partial charge in [0.25, 0.3) is 0 Å². The summed E-state index contributed by atoms with van der Waals surface area (Å²) in [5.41, 5.74) is 0. The highest BCUT2D eigenvalue weighted by molar-refractivity contribution is 9.10. The molecule has 18 heavy (non-hydrogen) atoms. The summed E-state index contributed by atoms with van der Waals surface area (Å²) in [6, 6.07) is 1.98. The van der Waals surface area contributed by atoms with E-state index < -0.39 is 0 Å². The second kappa shape index (κ2) is 8.96. The van der Waals surface area contributed by atoms with Gasteiger partial charge in [0.05, 0.1) is 10.8 Å². The summed E-state index contributed by atoms with van der Waals surface area (Å²) in [5.74, 6) is -0.164. The molecule has 3 nitrogen and oxygen atoms in total. The van der Waals surface area contributed by atoms with Gasteiger partial charge in [0.1, 0.15) is 5.25 Å². The van der Waals surface area contributed by atoms with Crippen LogP contribution in [0.4, 0.5) is 0 Å². The van der Waals surface area contributed by atoms with Crippen molar-refractivity contribution in [3.63, 3.8) is 0 Å². The maximum absolute atomic E-state index is 11.9. The van der Waals surface area contributed by atoms with Crippen LogP contribution in [0.2, 0.25) is 0 Å². The fourth-order valence-electron chi connectivity index (χ4n) is 1.29. The number of carbonyl (C=O) groups is 1. The van der Waals surface area contributed by atoms with Crippen LogP contribution in [0.3, 0.4) is 0 Å². The highest BCUT2D eigenvalue weighted by Crippen LogP contribution is 2.36. The molecular weight excluding hydrogens is 336 g/mol. The fraction of sp³-hybridized carbons (Fsp3) is 0.583. The van der Waals surface area contributed by atoms with Crippen molar-refractivity contribution in [2.75, 3.05) is 19.8 Å². The normalized spacial score (nSPS) is 12.4. The van der Waals surface area contributed by atoms with E-state index in [4.69, 9.17) is 9.47 Å². The van der Waals surface area contributed by atoms with E-state index in [-0.39, 0.29) is 11.2 Å². The topological polar surface area (TPSA) is 35.5 Å². The molecule has 0 radical (unpaired) electrons. The lowest BCUT2D eigenvalue weighted by molar-refractivity contribution is -0.142. The lowest BCUT2D eigenvalue weighted by Crippen LogP contribution is -2.22. The van der Waals surface area contributed by atoms with E-state index in [1.165, 1.54) is 11.8 Å². The van der Waals surface area contributed by atoms with Crippen molar-refractivity contribution in [2.24, 2.45) is 0 Å². The van der Waals surface area contributed by atoms with Gasteiger partial charge < -0.3 is 9.47 Å². The Kier molecular flexibility index (Phi) is 7.97. The maximum atomic E-state index is 11.9. The summed E-state index contributed by atoms with van der Waals surface area (Å²) < 4.78 is 12.5. The van der Waals surface area contributed by atoms with E-state index in [9.17, 15) is 4.79 Å². The number of carbonyl (C=O) groups excluding carboxylic acids is 1. The minimum absolute atomic E-state index is 0.164. The highest BCUT2D eigenvalue weighted by atomic mass is 79.9. The van der Waals surface area contributed by atoms with Crippen LogP contribution in [0.5, 0.6) is 0 Å². The largest absolute Gasteiger partial charge is 0.465 e. The zero-order chi connectivity index (χ0) is 13.4. The molecule has 1 rings (SSSR count). The van der Waals surface area contributed by atoms with Gasteiger partial charge >= 0.3 is 5.97 Å². The van der Waals surface area contributed by atoms with Crippen molar-refractivity contribution in [3.8, 4) is 0 Å². The molecule has 102 valence electrons. The molecule has 0 saturated heterocycles. The van der Waals surface area contributed by atoms with Gasteiger partial charge in [-0.2, -0.15) is 0 Å². The average molecular weight is 353 g/mol. The van der Waals surface area contributed by atoms with Crippen LogP contribution in [0.25, 0.3) is 0 Å². The molecule has 0 N–H and O–H groups in total. The molecule has 0 aromatic carbocycles. The Hall–Kier alpha value is -0.0400. The van der Waals surface area contributed by atoms with Gasteiger partial charge in [-0.15, -0.1) is 11.3 Å². The van der Waals surface area contributed by atoms with Crippen molar-refractivity contribution in [1.29, 1.82) is 0 Å². The van der Waals surface area contributed by atoms with Crippen molar-refractivity contribution in [3.05, 3.63) is 15.9 Å². The SMILES string of the molecule is CCOCCC(Sc1sccc1Br)C(=O)OCC. The summed E-state index contributed by atoms with van der Waals surface area (Å²) in [6.07, 6.45) is 0.668. The summed E-state index contributed by atoms with van der Waals surface area (Å²) in [6.45, 7) is 5.43. The van der Waals surface area contributed by atoms with E-state index in [0.29, 0.717) is 26.2 Å². The maximum Gasteiger partial charge on any atom is 0.319 e. The molecule has 0 spiro atoms. The molecule has 1 aromatic heterocycles. The molecular formula is C12H17BrO3S2. The Morgan fingerprint density at radius 2 is 2.28 bits per heavy atom. The molecule has 1 heterocycles. The van der Waals surface area contributed by atoms with Crippen LogP contribution >= 0.6 is 39.0 Å². The molecule has 0 amide bonds. The predicted octanol–water partition coefficient (Wildman–Crippen LogP) is 3.96. The quantitative estimate of drug-likeness (QED) is 0.403. The highest BCUT2D eigenvalue weighted by Gasteiger charge is 2.22. The van der Waals surface area contributed by atoms with Crippen molar-refractivity contribution >= 4 is 45.0 Å². The smallest absolute Gasteiger partial charge is 0.319 e. The van der Waals surface area contributed by atoms with E-state index in [1.54, 1.807) is 11.3 Å². The molecule has 1 aromatic rings. The summed E-state index contributed by atoms with van der Waals surface area (Å²) in [5, 5.41) is 1.79. The van der Waals surface area contributed by atoms with Gasteiger partial charge in [-0.3, -0.25) is 4.79 Å². The molecule has 0 aliphatic carbocycles. The van der Waals surface area contributed by atoms with E-state index in [1.807, 2.05) is 25.3 Å². The zero-order valence-corrected chi connectivity index (χ0v) is 13.7. The Bertz CT molecular complexity index is 368. The van der Waals surface area contributed by atoms with Crippen LogP contribution in [0, 0.1) is 0 Å². The lowest BCUT2D eigenvalue weighted by Gasteiger charge is -2.14. The monoisotopic (exact) mass is 352 g/mol. The summed E-state index contributed by atoms with van der Waals surface area (Å²) >= 11 is 6.63. The van der Waals surface area contributed by atoms with Crippen LogP contribution < -0.4 is 0 Å². The van der Waals surface area contributed by atoms with Crippen LogP contribution in [0.1, 0.15) is 20.3 Å². The third kappa shape index (κ3) is 5.30. The first-order chi connectivity index (χ1) is 8.69. The first kappa shape index (κ1) is 16.0. The molecule has 0 saturated carbocycles. The van der Waals surface area contributed by atoms with Crippen molar-refractivity contribution in [2.45, 2.75) is 29.7 Å². The van der Waals surface area contributed by atoms with E-state index in [0.717, 1.165) is 8.68 Å². The molecule has 0 bridgehead atoms. The van der Waals surface area contributed by atoms with E-state index >= 15 is 0 Å². The molecule has 6 heteroatoms. The minimum atomic E-state index is -0.202. The van der Waals surface area contributed by atoms with Crippen molar-refractivity contribution < 1.29 is 14.3 Å². The van der Waals surface area contributed by atoms with Gasteiger partial charge in [0, 0.05) is 17.7 Å². The molecule has 1 unspecified atom stereocenters. The summed E-state index contributed by atoms with van der Waals surface area (Å²) in [4.78, 5) is 11.9. The van der Waals surface area contributed by atoms with Crippen LogP contribution in [-0.2, 0) is 14.3 Å². The molecule has 1 atom stereocenters. The Balaban J connectivity index is 2.59. The third-order valence-electron chi connectivity index (χ3n) is 2.11. The number of rotatable bonds is 8. The first-order valence-electron chi connectivity index (χ1n) is 5.83. The van der Waals surface area contributed by atoms with Gasteiger partial charge in [0.15, 0.2) is 0 Å². The summed E-state index contributed by atoms with van der Waals surface area (Å²) in [7, 11) is 0. The number of ether oxygens (including phenoxy) is 2. The fourth-order valence-corrected chi connectivity index (χ4v) is 4.22. The Morgan fingerprint density at radius 1 is 1.50 bits per heavy atom. The Labute approximate surface area is 124 Å². The lowest BCUT2D eigenvalue weighted by atomic mass is 10.3. The first-order valence-corrected chi connectivity index (χ1v) is 8.38. The number of thioether (sulfide) groups is 1. The van der Waals surface area contributed by atoms with Crippen LogP contribution in [0.15, 0.2) is 20.1 Å². The Morgan fingerprint density at radius 3 is 2.83 bits per heavy atom. The molecule has 0 fully saturated rings. The van der Waals surface area contributed by atoms with Gasteiger partial charge in [0.2, 0.25) is 0 Å². The number of hydrogen-bond donors (Lipinski definition) is 0. The second-order valence-corrected chi connectivity index (χ2v) is 6.64. The van der Waals surface area contributed by atoms with Gasteiger partial charge in [-0.1, -0.05) is 11.8 Å². The number of thiophene rings is 1. The number of halogens is 1. The van der Waals surface area contributed by atoms with Crippen molar-refractivity contribution in [1.82, 2.24) is 0 Å². The molecule has 0 aliphatic heterocycles. The van der Waals surface area contributed by atoms with Gasteiger partial charge in [-0.05, 0) is 47.6 Å². The van der Waals surface area contributed by atoms with Crippen LogP contribution in [-0.4, -0.2) is 31.0 Å². The van der Waals surface area contributed by atoms with Gasteiger partial charge in [-0.25, -0.2) is 0 Å². The second-order valence-electron chi connectivity index (χ2n) is 3.40. The zero-order valence-electron chi connectivity index (χ0n) is 10.5. The predicted molar refractivity (Wildman–Crippen MR) is 79.4 cm³/mol. The number of esters is 1. The number of hydrogen-bond acceptors (Lipinski definition) is 5.